The van der Waals surface area contributed by atoms with Crippen molar-refractivity contribution < 1.29 is 23.1 Å². The van der Waals surface area contributed by atoms with Gasteiger partial charge in [-0.25, -0.2) is 13.1 Å². The Morgan fingerprint density at radius 1 is 1.26 bits per heavy atom. The summed E-state index contributed by atoms with van der Waals surface area (Å²) in [6, 6.07) is 5.47. The molecule has 19 heavy (non-hydrogen) atoms. The van der Waals surface area contributed by atoms with Crippen LogP contribution in [-0.2, 0) is 14.8 Å². The van der Waals surface area contributed by atoms with Gasteiger partial charge in [-0.2, -0.15) is 0 Å². The highest BCUT2D eigenvalue weighted by Crippen LogP contribution is 2.17. The monoisotopic (exact) mass is 286 g/mol. The standard InChI is InChI=1S/C12H17NO5S/c1-12(2,3)13-19(16,17)10-6-4-9(5-7-10)18-8-11(14)15/h4-7,13H,8H2,1-3H3,(H,14,15)/p-1. The molecule has 0 bridgehead atoms. The Morgan fingerprint density at radius 3 is 2.21 bits per heavy atom. The molecule has 0 saturated carbocycles. The van der Waals surface area contributed by atoms with Crippen molar-refractivity contribution in [2.24, 2.45) is 0 Å². The summed E-state index contributed by atoms with van der Waals surface area (Å²) < 4.78 is 31.3. The van der Waals surface area contributed by atoms with E-state index in [0.717, 1.165) is 0 Å². The summed E-state index contributed by atoms with van der Waals surface area (Å²) in [6.07, 6.45) is 0. The highest BCUT2D eigenvalue weighted by atomic mass is 32.2. The van der Waals surface area contributed by atoms with Crippen molar-refractivity contribution in [1.82, 2.24) is 4.72 Å². The molecule has 0 saturated heterocycles. The van der Waals surface area contributed by atoms with Crippen molar-refractivity contribution in [3.8, 4) is 5.75 Å². The Bertz CT molecular complexity index is 542. The Labute approximate surface area is 112 Å². The summed E-state index contributed by atoms with van der Waals surface area (Å²) in [6.45, 7) is 4.64. The summed E-state index contributed by atoms with van der Waals surface area (Å²) in [5.41, 5.74) is -0.580. The van der Waals surface area contributed by atoms with Crippen molar-refractivity contribution >= 4 is 16.0 Å². The number of benzene rings is 1. The molecule has 1 aromatic carbocycles. The van der Waals surface area contributed by atoms with E-state index in [4.69, 9.17) is 4.74 Å². The van der Waals surface area contributed by atoms with E-state index in [1.54, 1.807) is 20.8 Å². The molecule has 0 radical (unpaired) electrons. The highest BCUT2D eigenvalue weighted by Gasteiger charge is 2.21. The van der Waals surface area contributed by atoms with Crippen LogP contribution in [0.25, 0.3) is 0 Å². The molecule has 0 aliphatic heterocycles. The summed E-state index contributed by atoms with van der Waals surface area (Å²) in [5.74, 6) is -1.08. The van der Waals surface area contributed by atoms with Crippen molar-refractivity contribution in [2.75, 3.05) is 6.61 Å². The van der Waals surface area contributed by atoms with Crippen LogP contribution in [0.1, 0.15) is 20.8 Å². The Hall–Kier alpha value is -1.60. The topological polar surface area (TPSA) is 95.5 Å². The third-order valence-electron chi connectivity index (χ3n) is 1.93. The van der Waals surface area contributed by atoms with Crippen molar-refractivity contribution in [2.45, 2.75) is 31.2 Å². The number of aliphatic carboxylic acids is 1. The molecule has 7 heteroatoms. The molecule has 1 aromatic rings. The zero-order valence-electron chi connectivity index (χ0n) is 11.0. The molecule has 0 spiro atoms. The van der Waals surface area contributed by atoms with E-state index in [-0.39, 0.29) is 10.6 Å². The molecule has 1 rings (SSSR count). The smallest absolute Gasteiger partial charge is 0.241 e. The average molecular weight is 286 g/mol. The first-order valence-electron chi connectivity index (χ1n) is 5.57. The third kappa shape index (κ3) is 5.27. The lowest BCUT2D eigenvalue weighted by Gasteiger charge is -2.20. The first-order chi connectivity index (χ1) is 8.60. The van der Waals surface area contributed by atoms with Gasteiger partial charge in [0.25, 0.3) is 0 Å². The van der Waals surface area contributed by atoms with E-state index in [2.05, 4.69) is 4.72 Å². The molecule has 0 aromatic heterocycles. The van der Waals surface area contributed by atoms with Crippen molar-refractivity contribution in [1.29, 1.82) is 0 Å². The SMILES string of the molecule is CC(C)(C)NS(=O)(=O)c1ccc(OCC(=O)[O-])cc1. The second kappa shape index (κ2) is 5.58. The second-order valence-corrected chi connectivity index (χ2v) is 6.67. The van der Waals surface area contributed by atoms with Crippen molar-refractivity contribution in [3.05, 3.63) is 24.3 Å². The van der Waals surface area contributed by atoms with Gasteiger partial charge >= 0.3 is 0 Å². The molecule has 106 valence electrons. The number of carbonyl (C=O) groups excluding carboxylic acids is 1. The fraction of sp³-hybridized carbons (Fsp3) is 0.417. The van der Waals surface area contributed by atoms with Crippen LogP contribution >= 0.6 is 0 Å². The van der Waals surface area contributed by atoms with Gasteiger partial charge in [0.1, 0.15) is 12.4 Å². The van der Waals surface area contributed by atoms with Crippen LogP contribution in [0.5, 0.6) is 5.75 Å². The van der Waals surface area contributed by atoms with E-state index in [9.17, 15) is 18.3 Å². The van der Waals surface area contributed by atoms with Crippen LogP contribution in [0, 0.1) is 0 Å². The summed E-state index contributed by atoms with van der Waals surface area (Å²) >= 11 is 0. The quantitative estimate of drug-likeness (QED) is 0.815. The maximum Gasteiger partial charge on any atom is 0.241 e. The van der Waals surface area contributed by atoms with E-state index in [0.29, 0.717) is 0 Å². The number of carboxylic acid groups (broad SMARTS) is 1. The first kappa shape index (κ1) is 15.5. The van der Waals surface area contributed by atoms with Gasteiger partial charge in [-0.3, -0.25) is 0 Å². The zero-order valence-corrected chi connectivity index (χ0v) is 11.8. The van der Waals surface area contributed by atoms with E-state index in [1.807, 2.05) is 0 Å². The van der Waals surface area contributed by atoms with Gasteiger partial charge in [0.05, 0.1) is 10.9 Å². The Morgan fingerprint density at radius 2 is 1.79 bits per heavy atom. The molecule has 0 aliphatic carbocycles. The number of rotatable bonds is 5. The lowest BCUT2D eigenvalue weighted by molar-refractivity contribution is -0.307. The van der Waals surface area contributed by atoms with E-state index >= 15 is 0 Å². The predicted octanol–water partition coefficient (Wildman–Crippen LogP) is -0.108. The van der Waals surface area contributed by atoms with Gasteiger partial charge in [-0.1, -0.05) is 0 Å². The molecule has 1 N–H and O–H groups in total. The number of nitrogens with one attached hydrogen (secondary N) is 1. The molecule has 6 nitrogen and oxygen atoms in total. The number of sulfonamides is 1. The third-order valence-corrected chi connectivity index (χ3v) is 3.71. The second-order valence-electron chi connectivity index (χ2n) is 4.99. The Balaban J connectivity index is 2.84. The number of hydrogen-bond donors (Lipinski definition) is 1. The fourth-order valence-electron chi connectivity index (χ4n) is 1.32. The molecule has 0 amide bonds. The number of carboxylic acids is 1. The Kier molecular flexibility index (Phi) is 4.54. The number of hydrogen-bond acceptors (Lipinski definition) is 5. The maximum absolute atomic E-state index is 12.0. The van der Waals surface area contributed by atoms with Crippen LogP contribution in [-0.4, -0.2) is 26.5 Å². The average Bonchev–Trinajstić information content (AvgIpc) is 2.23. The van der Waals surface area contributed by atoms with Gasteiger partial charge < -0.3 is 14.6 Å². The predicted molar refractivity (Wildman–Crippen MR) is 67.0 cm³/mol. The largest absolute Gasteiger partial charge is 0.546 e. The van der Waals surface area contributed by atoms with Gasteiger partial charge in [-0.05, 0) is 45.0 Å². The molecule has 0 fully saturated rings. The first-order valence-corrected chi connectivity index (χ1v) is 7.05. The summed E-state index contributed by atoms with van der Waals surface area (Å²) in [7, 11) is -3.60. The molecular weight excluding hydrogens is 270 g/mol. The number of carbonyl (C=O) groups is 1. The normalized spacial score (nSPS) is 12.2. The highest BCUT2D eigenvalue weighted by molar-refractivity contribution is 7.89. The molecular formula is C12H16NO5S-. The minimum atomic E-state index is -3.60. The number of ether oxygens (including phenoxy) is 1. The minimum Gasteiger partial charge on any atom is -0.546 e. The van der Waals surface area contributed by atoms with Gasteiger partial charge in [0, 0.05) is 5.54 Å². The molecule has 0 unspecified atom stereocenters. The van der Waals surface area contributed by atoms with Crippen LogP contribution in [0.3, 0.4) is 0 Å². The molecule has 0 aliphatic rings. The van der Waals surface area contributed by atoms with Crippen molar-refractivity contribution in [3.63, 3.8) is 0 Å². The van der Waals surface area contributed by atoms with Crippen LogP contribution in [0.2, 0.25) is 0 Å². The zero-order chi connectivity index (χ0) is 14.7. The van der Waals surface area contributed by atoms with Crippen LogP contribution < -0.4 is 14.6 Å². The fourth-order valence-corrected chi connectivity index (χ4v) is 2.74. The molecule has 0 heterocycles. The van der Waals surface area contributed by atoms with Crippen LogP contribution in [0.15, 0.2) is 29.2 Å². The summed E-state index contributed by atoms with van der Waals surface area (Å²) in [5, 5.41) is 10.2. The van der Waals surface area contributed by atoms with Gasteiger partial charge in [0.2, 0.25) is 10.0 Å². The summed E-state index contributed by atoms with van der Waals surface area (Å²) in [4.78, 5) is 10.3. The van der Waals surface area contributed by atoms with E-state index in [1.165, 1.54) is 24.3 Å². The van der Waals surface area contributed by atoms with Crippen LogP contribution in [0.4, 0.5) is 0 Å². The lowest BCUT2D eigenvalue weighted by atomic mass is 10.1. The maximum atomic E-state index is 12.0. The van der Waals surface area contributed by atoms with E-state index < -0.39 is 28.1 Å². The van der Waals surface area contributed by atoms with Gasteiger partial charge in [0.15, 0.2) is 0 Å². The van der Waals surface area contributed by atoms with Gasteiger partial charge in [-0.15, -0.1) is 0 Å². The minimum absolute atomic E-state index is 0.0863. The lowest BCUT2D eigenvalue weighted by Crippen LogP contribution is -2.40. The molecule has 0 atom stereocenters.